The third-order valence-corrected chi connectivity index (χ3v) is 3.39. The standard InChI is InChI=1S/C15H14F3N3O2/c1-9(10-3-2-4-12(5-10)23-15(16,17)18)20-14-19-6-11-7-22-8-13(11)21-14/h2-6,9H,7-8H2,1H3,(H,19,20,21)/t9-/m0/s1. The molecule has 0 radical (unpaired) electrons. The molecule has 2 heterocycles. The Morgan fingerprint density at radius 2 is 2.13 bits per heavy atom. The number of aromatic nitrogens is 2. The highest BCUT2D eigenvalue weighted by Crippen LogP contribution is 2.27. The van der Waals surface area contributed by atoms with E-state index in [0.29, 0.717) is 24.7 Å². The Balaban J connectivity index is 1.73. The monoisotopic (exact) mass is 325 g/mol. The summed E-state index contributed by atoms with van der Waals surface area (Å²) in [5.41, 5.74) is 2.40. The molecular weight excluding hydrogens is 311 g/mol. The molecule has 0 bridgehead atoms. The second kappa shape index (κ2) is 6.04. The largest absolute Gasteiger partial charge is 0.573 e. The van der Waals surface area contributed by atoms with Gasteiger partial charge in [0.1, 0.15) is 5.75 Å². The van der Waals surface area contributed by atoms with Gasteiger partial charge in [-0.05, 0) is 24.6 Å². The van der Waals surface area contributed by atoms with Crippen molar-refractivity contribution in [2.24, 2.45) is 0 Å². The van der Waals surface area contributed by atoms with E-state index in [0.717, 1.165) is 11.3 Å². The number of nitrogens with zero attached hydrogens (tertiary/aromatic N) is 2. The Labute approximate surface area is 130 Å². The van der Waals surface area contributed by atoms with E-state index in [-0.39, 0.29) is 11.8 Å². The average molecular weight is 325 g/mol. The summed E-state index contributed by atoms with van der Waals surface area (Å²) < 4.78 is 46.0. The highest BCUT2D eigenvalue weighted by Gasteiger charge is 2.31. The lowest BCUT2D eigenvalue weighted by atomic mass is 10.1. The van der Waals surface area contributed by atoms with Crippen molar-refractivity contribution in [3.05, 3.63) is 47.3 Å². The maximum absolute atomic E-state index is 12.3. The van der Waals surface area contributed by atoms with Crippen molar-refractivity contribution < 1.29 is 22.6 Å². The van der Waals surface area contributed by atoms with Crippen LogP contribution in [0.4, 0.5) is 19.1 Å². The molecule has 5 nitrogen and oxygen atoms in total. The molecule has 0 fully saturated rings. The quantitative estimate of drug-likeness (QED) is 0.931. The van der Waals surface area contributed by atoms with Gasteiger partial charge in [-0.15, -0.1) is 13.2 Å². The minimum Gasteiger partial charge on any atom is -0.406 e. The Morgan fingerprint density at radius 1 is 1.30 bits per heavy atom. The molecule has 0 unspecified atom stereocenters. The van der Waals surface area contributed by atoms with Crippen molar-refractivity contribution in [1.29, 1.82) is 0 Å². The summed E-state index contributed by atoms with van der Waals surface area (Å²) in [5.74, 6) is 0.149. The van der Waals surface area contributed by atoms with E-state index in [2.05, 4.69) is 20.0 Å². The lowest BCUT2D eigenvalue weighted by Gasteiger charge is -2.16. The van der Waals surface area contributed by atoms with Crippen LogP contribution in [0.1, 0.15) is 29.8 Å². The van der Waals surface area contributed by atoms with E-state index in [4.69, 9.17) is 4.74 Å². The number of alkyl halides is 3. The number of anilines is 1. The third-order valence-electron chi connectivity index (χ3n) is 3.39. The Bertz CT molecular complexity index is 707. The van der Waals surface area contributed by atoms with Crippen LogP contribution in [0.5, 0.6) is 5.75 Å². The molecule has 3 rings (SSSR count). The molecule has 1 aliphatic heterocycles. The Kier molecular flexibility index (Phi) is 4.08. The summed E-state index contributed by atoms with van der Waals surface area (Å²) >= 11 is 0. The van der Waals surface area contributed by atoms with Crippen LogP contribution in [-0.2, 0) is 18.0 Å². The molecule has 1 N–H and O–H groups in total. The molecule has 0 saturated heterocycles. The molecule has 0 spiro atoms. The van der Waals surface area contributed by atoms with E-state index in [9.17, 15) is 13.2 Å². The van der Waals surface area contributed by atoms with Gasteiger partial charge in [0, 0.05) is 11.8 Å². The second-order valence-electron chi connectivity index (χ2n) is 5.14. The third kappa shape index (κ3) is 3.89. The molecule has 8 heteroatoms. The van der Waals surface area contributed by atoms with Crippen molar-refractivity contribution in [1.82, 2.24) is 9.97 Å². The summed E-state index contributed by atoms with van der Waals surface area (Å²) in [6, 6.07) is 5.52. The number of ether oxygens (including phenoxy) is 2. The zero-order chi connectivity index (χ0) is 16.4. The zero-order valence-corrected chi connectivity index (χ0v) is 12.2. The van der Waals surface area contributed by atoms with Crippen LogP contribution in [0.3, 0.4) is 0 Å². The van der Waals surface area contributed by atoms with Gasteiger partial charge in [0.05, 0.1) is 24.9 Å². The van der Waals surface area contributed by atoms with Crippen LogP contribution >= 0.6 is 0 Å². The Morgan fingerprint density at radius 3 is 2.91 bits per heavy atom. The molecule has 0 amide bonds. The van der Waals surface area contributed by atoms with Crippen LogP contribution in [-0.4, -0.2) is 16.3 Å². The van der Waals surface area contributed by atoms with Gasteiger partial charge < -0.3 is 14.8 Å². The molecule has 1 aromatic carbocycles. The lowest BCUT2D eigenvalue weighted by molar-refractivity contribution is -0.274. The van der Waals surface area contributed by atoms with Gasteiger partial charge in [0.2, 0.25) is 5.95 Å². The predicted molar refractivity (Wildman–Crippen MR) is 75.7 cm³/mol. The maximum atomic E-state index is 12.3. The lowest BCUT2D eigenvalue weighted by Crippen LogP contribution is -2.17. The molecule has 1 aromatic heterocycles. The van der Waals surface area contributed by atoms with Crippen LogP contribution in [0.25, 0.3) is 0 Å². The SMILES string of the molecule is C[C@H](Nc1ncc2c(n1)COC2)c1cccc(OC(F)(F)F)c1. The van der Waals surface area contributed by atoms with Crippen molar-refractivity contribution in [2.75, 3.05) is 5.32 Å². The topological polar surface area (TPSA) is 56.3 Å². The number of nitrogens with one attached hydrogen (secondary N) is 1. The van der Waals surface area contributed by atoms with Gasteiger partial charge in [-0.1, -0.05) is 12.1 Å². The van der Waals surface area contributed by atoms with E-state index < -0.39 is 6.36 Å². The second-order valence-corrected chi connectivity index (χ2v) is 5.14. The first-order valence-corrected chi connectivity index (χ1v) is 6.95. The number of fused-ring (bicyclic) bond motifs is 1. The number of hydrogen-bond acceptors (Lipinski definition) is 5. The molecule has 1 atom stereocenters. The summed E-state index contributed by atoms with van der Waals surface area (Å²) in [5, 5.41) is 3.06. The van der Waals surface area contributed by atoms with Gasteiger partial charge in [0.15, 0.2) is 0 Å². The minimum absolute atomic E-state index is 0.257. The van der Waals surface area contributed by atoms with Gasteiger partial charge >= 0.3 is 6.36 Å². The number of halogens is 3. The van der Waals surface area contributed by atoms with Crippen molar-refractivity contribution >= 4 is 5.95 Å². The number of hydrogen-bond donors (Lipinski definition) is 1. The average Bonchev–Trinajstić information content (AvgIpc) is 2.93. The first kappa shape index (κ1) is 15.5. The fraction of sp³-hybridized carbons (Fsp3) is 0.333. The van der Waals surface area contributed by atoms with Crippen molar-refractivity contribution in [3.8, 4) is 5.75 Å². The number of rotatable bonds is 4. The minimum atomic E-state index is -4.71. The molecule has 2 aromatic rings. The van der Waals surface area contributed by atoms with Crippen molar-refractivity contribution in [2.45, 2.75) is 32.5 Å². The first-order chi connectivity index (χ1) is 10.9. The van der Waals surface area contributed by atoms with Gasteiger partial charge in [-0.25, -0.2) is 9.97 Å². The summed E-state index contributed by atoms with van der Waals surface area (Å²) in [6.45, 7) is 2.75. The fourth-order valence-electron chi connectivity index (χ4n) is 2.27. The van der Waals surface area contributed by atoms with Crippen LogP contribution in [0.15, 0.2) is 30.5 Å². The number of benzene rings is 1. The molecule has 23 heavy (non-hydrogen) atoms. The van der Waals surface area contributed by atoms with E-state index in [1.807, 2.05) is 0 Å². The molecule has 122 valence electrons. The molecule has 0 saturated carbocycles. The Hall–Kier alpha value is -2.35. The predicted octanol–water partition coefficient (Wildman–Crippen LogP) is 3.58. The maximum Gasteiger partial charge on any atom is 0.573 e. The highest BCUT2D eigenvalue weighted by atomic mass is 19.4. The first-order valence-electron chi connectivity index (χ1n) is 6.95. The fourth-order valence-corrected chi connectivity index (χ4v) is 2.27. The van der Waals surface area contributed by atoms with Crippen LogP contribution in [0, 0.1) is 0 Å². The summed E-state index contributed by atoms with van der Waals surface area (Å²) in [4.78, 5) is 8.53. The van der Waals surface area contributed by atoms with Crippen molar-refractivity contribution in [3.63, 3.8) is 0 Å². The van der Waals surface area contributed by atoms with Gasteiger partial charge in [-0.2, -0.15) is 0 Å². The van der Waals surface area contributed by atoms with Gasteiger partial charge in [0.25, 0.3) is 0 Å². The zero-order valence-electron chi connectivity index (χ0n) is 12.2. The molecular formula is C15H14F3N3O2. The summed E-state index contributed by atoms with van der Waals surface area (Å²) in [7, 11) is 0. The van der Waals surface area contributed by atoms with E-state index in [1.165, 1.54) is 18.2 Å². The van der Waals surface area contributed by atoms with E-state index >= 15 is 0 Å². The molecule has 0 aliphatic carbocycles. The van der Waals surface area contributed by atoms with E-state index in [1.54, 1.807) is 19.2 Å². The smallest absolute Gasteiger partial charge is 0.406 e. The molecule has 1 aliphatic rings. The normalized spacial score (nSPS) is 15.1. The van der Waals surface area contributed by atoms with Crippen LogP contribution < -0.4 is 10.1 Å². The highest BCUT2D eigenvalue weighted by molar-refractivity contribution is 5.37. The summed E-state index contributed by atoms with van der Waals surface area (Å²) in [6.07, 6.45) is -3.02. The van der Waals surface area contributed by atoms with Gasteiger partial charge in [-0.3, -0.25) is 0 Å². The van der Waals surface area contributed by atoms with Crippen LogP contribution in [0.2, 0.25) is 0 Å².